The topological polar surface area (TPSA) is 167 Å². The molecule has 1 saturated heterocycles. The number of hydrogen-bond donors (Lipinski definition) is 1. The molecule has 13 nitrogen and oxygen atoms in total. The number of nitrogens with zero attached hydrogens (tertiary/aromatic N) is 4. The summed E-state index contributed by atoms with van der Waals surface area (Å²) in [6, 6.07) is 14.6. The molecule has 1 aromatic heterocycles. The number of rotatable bonds is 7. The van der Waals surface area contributed by atoms with E-state index in [1.165, 1.54) is 24.3 Å². The zero-order valence-corrected chi connectivity index (χ0v) is 24.3. The number of halogens is 2. The minimum atomic E-state index is -0.928. The molecule has 1 aliphatic heterocycles. The number of ether oxygens (including phenoxy) is 1. The van der Waals surface area contributed by atoms with Crippen LogP contribution in [0.15, 0.2) is 72.3 Å². The predicted molar refractivity (Wildman–Crippen MR) is 161 cm³/mol. The number of nitrogens with one attached hydrogen (secondary N) is 1. The molecule has 0 bridgehead atoms. The van der Waals surface area contributed by atoms with Crippen LogP contribution in [-0.4, -0.2) is 32.3 Å². The molecule has 44 heavy (non-hydrogen) atoms. The van der Waals surface area contributed by atoms with E-state index in [2.05, 4.69) is 5.32 Å². The number of benzene rings is 3. The number of amides is 4. The van der Waals surface area contributed by atoms with Crippen LogP contribution in [0.2, 0.25) is 10.0 Å². The highest BCUT2D eigenvalue weighted by Gasteiger charge is 2.37. The SMILES string of the molecule is Cc1cc(/C=C2\C(=O)NC(=O)N(c3ccc(Cl)c(Cl)c3)C2=O)c(C)n1-c1ccc(Oc2ccc([N+](=O)[O-])cc2[N+](=O)[O-])cc1. The number of carbonyl (C=O) groups is 3. The third kappa shape index (κ3) is 5.61. The van der Waals surface area contributed by atoms with Crippen molar-refractivity contribution in [2.24, 2.45) is 0 Å². The predicted octanol–water partition coefficient (Wildman–Crippen LogP) is 6.68. The zero-order chi connectivity index (χ0) is 31.9. The van der Waals surface area contributed by atoms with Crippen molar-refractivity contribution in [1.82, 2.24) is 9.88 Å². The van der Waals surface area contributed by atoms with E-state index in [9.17, 15) is 34.6 Å². The molecule has 0 atom stereocenters. The smallest absolute Gasteiger partial charge is 0.335 e. The average molecular weight is 636 g/mol. The normalized spacial score (nSPS) is 14.1. The second kappa shape index (κ2) is 11.6. The van der Waals surface area contributed by atoms with Crippen molar-refractivity contribution < 1.29 is 29.0 Å². The Labute approximate surface area is 258 Å². The number of hydrogen-bond acceptors (Lipinski definition) is 8. The van der Waals surface area contributed by atoms with E-state index in [1.807, 2.05) is 11.5 Å². The summed E-state index contributed by atoms with van der Waals surface area (Å²) in [6.07, 6.45) is 1.39. The first-order chi connectivity index (χ1) is 20.8. The number of imide groups is 2. The van der Waals surface area contributed by atoms with Crippen LogP contribution >= 0.6 is 23.2 Å². The highest BCUT2D eigenvalue weighted by Crippen LogP contribution is 2.35. The second-order valence-electron chi connectivity index (χ2n) is 9.48. The highest BCUT2D eigenvalue weighted by molar-refractivity contribution is 6.43. The van der Waals surface area contributed by atoms with Crippen LogP contribution in [0, 0.1) is 34.1 Å². The van der Waals surface area contributed by atoms with Gasteiger partial charge in [-0.15, -0.1) is 0 Å². The Bertz CT molecular complexity index is 1930. The molecular formula is C29H19Cl2N5O8. The summed E-state index contributed by atoms with van der Waals surface area (Å²) in [4.78, 5) is 60.3. The zero-order valence-electron chi connectivity index (χ0n) is 22.7. The molecule has 1 fully saturated rings. The Morgan fingerprint density at radius 3 is 2.16 bits per heavy atom. The van der Waals surface area contributed by atoms with Crippen LogP contribution in [0.4, 0.5) is 21.9 Å². The van der Waals surface area contributed by atoms with Gasteiger partial charge >= 0.3 is 11.7 Å². The number of aromatic nitrogens is 1. The van der Waals surface area contributed by atoms with Gasteiger partial charge in [0.15, 0.2) is 0 Å². The molecule has 3 aromatic carbocycles. The van der Waals surface area contributed by atoms with Crippen molar-refractivity contribution in [3.05, 3.63) is 120 Å². The molecule has 0 spiro atoms. The van der Waals surface area contributed by atoms with Gasteiger partial charge in [0.1, 0.15) is 11.3 Å². The minimum Gasteiger partial charge on any atom is -0.450 e. The first-order valence-corrected chi connectivity index (χ1v) is 13.4. The molecule has 0 aliphatic carbocycles. The Morgan fingerprint density at radius 1 is 0.841 bits per heavy atom. The van der Waals surface area contributed by atoms with Crippen molar-refractivity contribution in [3.8, 4) is 17.2 Å². The molecule has 0 unspecified atom stereocenters. The summed E-state index contributed by atoms with van der Waals surface area (Å²) in [5, 5.41) is 25.0. The minimum absolute atomic E-state index is 0.123. The molecule has 4 aromatic rings. The summed E-state index contributed by atoms with van der Waals surface area (Å²) < 4.78 is 7.49. The van der Waals surface area contributed by atoms with Crippen molar-refractivity contribution in [1.29, 1.82) is 0 Å². The number of aryl methyl sites for hydroxylation is 1. The van der Waals surface area contributed by atoms with Crippen molar-refractivity contribution in [2.75, 3.05) is 4.90 Å². The monoisotopic (exact) mass is 635 g/mol. The largest absolute Gasteiger partial charge is 0.450 e. The standard InChI is InChI=1S/C29H19Cl2N5O8/c1-15-11-17(12-22-27(37)32-29(39)34(28(22)38)19-5-9-23(30)24(31)13-19)16(2)33(15)18-3-7-21(8-4-18)44-26-10-6-20(35(40)41)14-25(26)36(42)43/h3-14H,1-2H3,(H,32,37,39)/b22-12+. The van der Waals surface area contributed by atoms with E-state index in [0.717, 1.165) is 28.8 Å². The number of nitro groups is 2. The van der Waals surface area contributed by atoms with Crippen LogP contribution in [-0.2, 0) is 9.59 Å². The average Bonchev–Trinajstić information content (AvgIpc) is 3.25. The number of nitro benzene ring substituents is 2. The molecule has 222 valence electrons. The number of barbiturate groups is 1. The molecule has 0 radical (unpaired) electrons. The summed E-state index contributed by atoms with van der Waals surface area (Å²) in [5.41, 5.74) is 1.47. The Morgan fingerprint density at radius 2 is 1.52 bits per heavy atom. The summed E-state index contributed by atoms with van der Waals surface area (Å²) in [6.45, 7) is 3.59. The second-order valence-corrected chi connectivity index (χ2v) is 10.3. The summed E-state index contributed by atoms with van der Waals surface area (Å²) in [7, 11) is 0. The molecule has 4 amide bonds. The summed E-state index contributed by atoms with van der Waals surface area (Å²) in [5.74, 6) is -1.63. The summed E-state index contributed by atoms with van der Waals surface area (Å²) >= 11 is 12.0. The van der Waals surface area contributed by atoms with Gasteiger partial charge in [-0.25, -0.2) is 9.69 Å². The first kappa shape index (κ1) is 29.9. The molecule has 15 heteroatoms. The van der Waals surface area contributed by atoms with E-state index >= 15 is 0 Å². The van der Waals surface area contributed by atoms with Crippen LogP contribution in [0.5, 0.6) is 11.5 Å². The fourth-order valence-corrected chi connectivity index (χ4v) is 4.93. The number of urea groups is 1. The maximum atomic E-state index is 13.3. The van der Waals surface area contributed by atoms with E-state index in [-0.39, 0.29) is 32.8 Å². The maximum absolute atomic E-state index is 13.3. The van der Waals surface area contributed by atoms with Gasteiger partial charge in [0.2, 0.25) is 5.75 Å². The molecule has 5 rings (SSSR count). The van der Waals surface area contributed by atoms with Gasteiger partial charge in [0, 0.05) is 23.1 Å². The van der Waals surface area contributed by atoms with Crippen molar-refractivity contribution >= 4 is 64.2 Å². The Kier molecular flexibility index (Phi) is 7.91. The van der Waals surface area contributed by atoms with Gasteiger partial charge in [-0.3, -0.25) is 35.1 Å². The van der Waals surface area contributed by atoms with Gasteiger partial charge in [0.25, 0.3) is 17.5 Å². The van der Waals surface area contributed by atoms with Crippen LogP contribution in [0.3, 0.4) is 0 Å². The third-order valence-electron chi connectivity index (χ3n) is 6.71. The van der Waals surface area contributed by atoms with Crippen molar-refractivity contribution in [3.63, 3.8) is 0 Å². The number of non-ortho nitro benzene ring substituents is 1. The Hall–Kier alpha value is -5.53. The van der Waals surface area contributed by atoms with Gasteiger partial charge in [0.05, 0.1) is 31.6 Å². The lowest BCUT2D eigenvalue weighted by Gasteiger charge is -2.26. The molecular weight excluding hydrogens is 617 g/mol. The third-order valence-corrected chi connectivity index (χ3v) is 7.44. The number of anilines is 1. The van der Waals surface area contributed by atoms with Crippen LogP contribution in [0.1, 0.15) is 17.0 Å². The fraction of sp³-hybridized carbons (Fsp3) is 0.0690. The maximum Gasteiger partial charge on any atom is 0.335 e. The molecule has 2 heterocycles. The quantitative estimate of drug-likeness (QED) is 0.102. The Balaban J connectivity index is 1.43. The van der Waals surface area contributed by atoms with E-state index in [4.69, 9.17) is 27.9 Å². The van der Waals surface area contributed by atoms with E-state index < -0.39 is 39.1 Å². The van der Waals surface area contributed by atoms with Crippen LogP contribution < -0.4 is 15.0 Å². The van der Waals surface area contributed by atoms with E-state index in [1.54, 1.807) is 37.3 Å². The van der Waals surface area contributed by atoms with Gasteiger partial charge in [-0.1, -0.05) is 23.2 Å². The van der Waals surface area contributed by atoms with Crippen LogP contribution in [0.25, 0.3) is 11.8 Å². The molecule has 0 saturated carbocycles. The van der Waals surface area contributed by atoms with Crippen molar-refractivity contribution in [2.45, 2.75) is 13.8 Å². The van der Waals surface area contributed by atoms with Gasteiger partial charge < -0.3 is 9.30 Å². The first-order valence-electron chi connectivity index (χ1n) is 12.6. The lowest BCUT2D eigenvalue weighted by atomic mass is 10.1. The molecule has 1 N–H and O–H groups in total. The lowest BCUT2D eigenvalue weighted by Crippen LogP contribution is -2.54. The van der Waals surface area contributed by atoms with Gasteiger partial charge in [-0.2, -0.15) is 0 Å². The lowest BCUT2D eigenvalue weighted by molar-refractivity contribution is -0.394. The van der Waals surface area contributed by atoms with Gasteiger partial charge in [-0.05, 0) is 80.1 Å². The molecule has 1 aliphatic rings. The fourth-order valence-electron chi connectivity index (χ4n) is 4.64. The number of carbonyl (C=O) groups excluding carboxylic acids is 3. The van der Waals surface area contributed by atoms with E-state index in [0.29, 0.717) is 16.9 Å². The highest BCUT2D eigenvalue weighted by atomic mass is 35.5.